The first kappa shape index (κ1) is 13.5. The van der Waals surface area contributed by atoms with Gasteiger partial charge in [-0.05, 0) is 64.6 Å². The van der Waals surface area contributed by atoms with Crippen LogP contribution in [0.25, 0.3) is 0 Å². The second-order valence-electron chi connectivity index (χ2n) is 6.74. The highest BCUT2D eigenvalue weighted by Gasteiger charge is 2.36. The normalized spacial score (nSPS) is 20.8. The minimum absolute atomic E-state index is 0.188. The first-order chi connectivity index (χ1) is 7.27. The van der Waals surface area contributed by atoms with Gasteiger partial charge in [0, 0.05) is 0 Å². The number of hydrogen-bond donors (Lipinski definition) is 0. The van der Waals surface area contributed by atoms with Gasteiger partial charge in [-0.1, -0.05) is 13.8 Å². The molecule has 1 fully saturated rings. The Morgan fingerprint density at radius 3 is 2.12 bits per heavy atom. The van der Waals surface area contributed by atoms with Crippen molar-refractivity contribution >= 4 is 0 Å². The third-order valence-electron chi connectivity index (χ3n) is 4.02. The Hall–Kier alpha value is -0.550. The molecule has 1 saturated heterocycles. The highest BCUT2D eigenvalue weighted by molar-refractivity contribution is 4.97. The lowest BCUT2D eigenvalue weighted by molar-refractivity contribution is 0.0839. The maximum atomic E-state index is 9.14. The number of nitrogens with zero attached hydrogens (tertiary/aromatic N) is 2. The summed E-state index contributed by atoms with van der Waals surface area (Å²) in [5.41, 5.74) is 0.105. The molecule has 2 nitrogen and oxygen atoms in total. The maximum Gasteiger partial charge on any atom is 0.0684 e. The molecule has 0 aromatic heterocycles. The molecule has 1 aliphatic heterocycles. The summed E-state index contributed by atoms with van der Waals surface area (Å²) < 4.78 is 0. The number of rotatable bonds is 3. The zero-order valence-electron chi connectivity index (χ0n) is 11.5. The minimum atomic E-state index is -0.188. The lowest BCUT2D eigenvalue weighted by Gasteiger charge is -2.42. The third-order valence-corrected chi connectivity index (χ3v) is 4.02. The van der Waals surface area contributed by atoms with Crippen LogP contribution in [0.3, 0.4) is 0 Å². The maximum absolute atomic E-state index is 9.14. The summed E-state index contributed by atoms with van der Waals surface area (Å²) >= 11 is 0. The van der Waals surface area contributed by atoms with Gasteiger partial charge in [0.25, 0.3) is 0 Å². The molecular formula is C14H26N2. The number of piperidine rings is 1. The molecule has 0 unspecified atom stereocenters. The summed E-state index contributed by atoms with van der Waals surface area (Å²) in [4.78, 5) is 2.40. The van der Waals surface area contributed by atoms with Crippen molar-refractivity contribution in [1.82, 2.24) is 4.90 Å². The molecule has 1 aliphatic rings. The van der Waals surface area contributed by atoms with Crippen LogP contribution in [0, 0.1) is 28.1 Å². The molecule has 1 rings (SSSR count). The van der Waals surface area contributed by atoms with E-state index >= 15 is 0 Å². The second-order valence-corrected chi connectivity index (χ2v) is 6.74. The molecule has 0 spiro atoms. The van der Waals surface area contributed by atoms with Gasteiger partial charge in [0.05, 0.1) is 11.5 Å². The van der Waals surface area contributed by atoms with Gasteiger partial charge in [-0.2, -0.15) is 5.26 Å². The standard InChI is InChI=1S/C14H26N2/c1-13(2,11-15)10-14(3,4)12-6-8-16(5)9-7-12/h12H,6-10H2,1-5H3. The number of hydrogen-bond acceptors (Lipinski definition) is 2. The van der Waals surface area contributed by atoms with Crippen LogP contribution in [0.15, 0.2) is 0 Å². The summed E-state index contributed by atoms with van der Waals surface area (Å²) in [6, 6.07) is 2.43. The zero-order valence-corrected chi connectivity index (χ0v) is 11.5. The summed E-state index contributed by atoms with van der Waals surface area (Å²) in [7, 11) is 2.20. The van der Waals surface area contributed by atoms with Crippen LogP contribution in [0.1, 0.15) is 47.0 Å². The van der Waals surface area contributed by atoms with Crippen molar-refractivity contribution in [3.8, 4) is 6.07 Å². The zero-order chi connectivity index (χ0) is 12.4. The molecule has 92 valence electrons. The van der Waals surface area contributed by atoms with E-state index in [-0.39, 0.29) is 5.41 Å². The molecule has 0 aliphatic carbocycles. The first-order valence-corrected chi connectivity index (χ1v) is 6.37. The second kappa shape index (κ2) is 4.75. The van der Waals surface area contributed by atoms with Gasteiger partial charge in [0.2, 0.25) is 0 Å². The smallest absolute Gasteiger partial charge is 0.0684 e. The van der Waals surface area contributed by atoms with Crippen molar-refractivity contribution in [2.24, 2.45) is 16.7 Å². The average molecular weight is 222 g/mol. The van der Waals surface area contributed by atoms with E-state index in [1.165, 1.54) is 25.9 Å². The number of likely N-dealkylation sites (tertiary alicyclic amines) is 1. The van der Waals surface area contributed by atoms with Crippen LogP contribution in [0.4, 0.5) is 0 Å². The Morgan fingerprint density at radius 2 is 1.69 bits per heavy atom. The average Bonchev–Trinajstić information content (AvgIpc) is 2.17. The SMILES string of the molecule is CN1CCC(C(C)(C)CC(C)(C)C#N)CC1. The predicted octanol–water partition coefficient (Wildman–Crippen LogP) is 3.29. The predicted molar refractivity (Wildman–Crippen MR) is 68.0 cm³/mol. The minimum Gasteiger partial charge on any atom is -0.306 e. The third kappa shape index (κ3) is 3.49. The lowest BCUT2D eigenvalue weighted by atomic mass is 9.66. The van der Waals surface area contributed by atoms with Crippen molar-refractivity contribution in [2.75, 3.05) is 20.1 Å². The fraction of sp³-hybridized carbons (Fsp3) is 0.929. The fourth-order valence-corrected chi connectivity index (χ4v) is 3.11. The van der Waals surface area contributed by atoms with Gasteiger partial charge >= 0.3 is 0 Å². The van der Waals surface area contributed by atoms with E-state index in [1.54, 1.807) is 0 Å². The van der Waals surface area contributed by atoms with E-state index < -0.39 is 0 Å². The van der Waals surface area contributed by atoms with Crippen molar-refractivity contribution < 1.29 is 0 Å². The van der Waals surface area contributed by atoms with Crippen molar-refractivity contribution in [3.63, 3.8) is 0 Å². The van der Waals surface area contributed by atoms with Gasteiger partial charge in [0.1, 0.15) is 0 Å². The van der Waals surface area contributed by atoms with E-state index in [9.17, 15) is 0 Å². The highest BCUT2D eigenvalue weighted by atomic mass is 15.1. The summed E-state index contributed by atoms with van der Waals surface area (Å²) in [5, 5.41) is 9.14. The highest BCUT2D eigenvalue weighted by Crippen LogP contribution is 2.43. The summed E-state index contributed by atoms with van der Waals surface area (Å²) in [6.07, 6.45) is 3.57. The van der Waals surface area contributed by atoms with Gasteiger partial charge in [0.15, 0.2) is 0 Å². The Bertz CT molecular complexity index is 265. The van der Waals surface area contributed by atoms with Gasteiger partial charge < -0.3 is 4.90 Å². The van der Waals surface area contributed by atoms with Crippen LogP contribution in [0.2, 0.25) is 0 Å². The molecule has 0 radical (unpaired) electrons. The molecule has 0 aromatic rings. The van der Waals surface area contributed by atoms with Crippen LogP contribution >= 0.6 is 0 Å². The van der Waals surface area contributed by atoms with E-state index in [1.807, 2.05) is 0 Å². The molecule has 16 heavy (non-hydrogen) atoms. The molecule has 0 aromatic carbocycles. The van der Waals surface area contributed by atoms with E-state index in [2.05, 4.69) is 45.7 Å². The first-order valence-electron chi connectivity index (χ1n) is 6.37. The monoisotopic (exact) mass is 222 g/mol. The molecule has 0 amide bonds. The molecule has 0 N–H and O–H groups in total. The Balaban J connectivity index is 2.60. The summed E-state index contributed by atoms with van der Waals surface area (Å²) in [6.45, 7) is 11.2. The van der Waals surface area contributed by atoms with Gasteiger partial charge in [-0.15, -0.1) is 0 Å². The van der Waals surface area contributed by atoms with Gasteiger partial charge in [-0.25, -0.2) is 0 Å². The number of nitriles is 1. The van der Waals surface area contributed by atoms with Gasteiger partial charge in [-0.3, -0.25) is 0 Å². The van der Waals surface area contributed by atoms with Crippen molar-refractivity contribution in [2.45, 2.75) is 47.0 Å². The van der Waals surface area contributed by atoms with Crippen molar-refractivity contribution in [1.29, 1.82) is 5.26 Å². The Kier molecular flexibility index (Phi) is 4.02. The van der Waals surface area contributed by atoms with Crippen LogP contribution in [-0.2, 0) is 0 Å². The lowest BCUT2D eigenvalue weighted by Crippen LogP contribution is -2.38. The molecule has 1 heterocycles. The fourth-order valence-electron chi connectivity index (χ4n) is 3.11. The van der Waals surface area contributed by atoms with Crippen LogP contribution in [0.5, 0.6) is 0 Å². The topological polar surface area (TPSA) is 27.0 Å². The molecule has 0 saturated carbocycles. The van der Waals surface area contributed by atoms with Crippen LogP contribution < -0.4 is 0 Å². The Labute approximate surface area is 101 Å². The van der Waals surface area contributed by atoms with Crippen molar-refractivity contribution in [3.05, 3.63) is 0 Å². The molecule has 2 heteroatoms. The summed E-state index contributed by atoms with van der Waals surface area (Å²) in [5.74, 6) is 0.774. The molecule has 0 bridgehead atoms. The van der Waals surface area contributed by atoms with Crippen LogP contribution in [-0.4, -0.2) is 25.0 Å². The molecular weight excluding hydrogens is 196 g/mol. The van der Waals surface area contributed by atoms with E-state index in [0.717, 1.165) is 12.3 Å². The van der Waals surface area contributed by atoms with E-state index in [4.69, 9.17) is 5.26 Å². The quantitative estimate of drug-likeness (QED) is 0.732. The molecule has 0 atom stereocenters. The Morgan fingerprint density at radius 1 is 1.19 bits per heavy atom. The largest absolute Gasteiger partial charge is 0.306 e. The van der Waals surface area contributed by atoms with E-state index in [0.29, 0.717) is 5.41 Å².